The van der Waals surface area contributed by atoms with Gasteiger partial charge in [-0.25, -0.2) is 0 Å². The molecule has 10 heavy (non-hydrogen) atoms. The SMILES string of the molecule is C.C.C.C.CCOC(C)C. The Hall–Kier alpha value is -0.0400. The van der Waals surface area contributed by atoms with Gasteiger partial charge in [-0.3, -0.25) is 0 Å². The standard InChI is InChI=1S/C5H12O.4CH4/c1-4-6-5(2)3;;;;/h5H,4H2,1-3H3;4*1H4. The van der Waals surface area contributed by atoms with Gasteiger partial charge in [0.05, 0.1) is 6.10 Å². The summed E-state index contributed by atoms with van der Waals surface area (Å²) in [4.78, 5) is 0. The summed E-state index contributed by atoms with van der Waals surface area (Å²) >= 11 is 0. The van der Waals surface area contributed by atoms with Gasteiger partial charge in [-0.15, -0.1) is 0 Å². The van der Waals surface area contributed by atoms with E-state index in [-0.39, 0.29) is 29.7 Å². The number of hydrogen-bond acceptors (Lipinski definition) is 1. The van der Waals surface area contributed by atoms with Gasteiger partial charge in [-0.05, 0) is 20.8 Å². The van der Waals surface area contributed by atoms with Crippen molar-refractivity contribution in [1.82, 2.24) is 0 Å². The summed E-state index contributed by atoms with van der Waals surface area (Å²) < 4.78 is 5.04. The molecule has 0 radical (unpaired) electrons. The predicted octanol–water partition coefficient (Wildman–Crippen LogP) is 3.98. The molecule has 0 spiro atoms. The van der Waals surface area contributed by atoms with E-state index in [1.54, 1.807) is 0 Å². The Morgan fingerprint density at radius 1 is 1.00 bits per heavy atom. The van der Waals surface area contributed by atoms with E-state index in [4.69, 9.17) is 4.74 Å². The zero-order valence-electron chi connectivity index (χ0n) is 4.69. The predicted molar refractivity (Wildman–Crippen MR) is 53.7 cm³/mol. The minimum absolute atomic E-state index is 0. The van der Waals surface area contributed by atoms with E-state index in [0.29, 0.717) is 6.10 Å². The van der Waals surface area contributed by atoms with Crippen LogP contribution < -0.4 is 0 Å². The van der Waals surface area contributed by atoms with E-state index >= 15 is 0 Å². The molecule has 0 amide bonds. The van der Waals surface area contributed by atoms with Crippen LogP contribution in [0, 0.1) is 0 Å². The molecule has 0 aromatic rings. The fourth-order valence-electron chi connectivity index (χ4n) is 0.333. The van der Waals surface area contributed by atoms with Gasteiger partial charge in [-0.2, -0.15) is 0 Å². The second kappa shape index (κ2) is 23.1. The zero-order valence-corrected chi connectivity index (χ0v) is 4.69. The Balaban J connectivity index is -0.0000000208. The highest BCUT2D eigenvalue weighted by Gasteiger charge is 1.83. The highest BCUT2D eigenvalue weighted by atomic mass is 16.5. The monoisotopic (exact) mass is 152 g/mol. The topological polar surface area (TPSA) is 9.23 Å². The maximum Gasteiger partial charge on any atom is 0.0518 e. The van der Waals surface area contributed by atoms with Crippen molar-refractivity contribution in [3.63, 3.8) is 0 Å². The molecule has 1 heteroatoms. The summed E-state index contributed by atoms with van der Waals surface area (Å²) in [6.07, 6.45) is 0.398. The van der Waals surface area contributed by atoms with Crippen LogP contribution in [0.25, 0.3) is 0 Å². The molecule has 0 aliphatic heterocycles. The minimum Gasteiger partial charge on any atom is -0.379 e. The minimum atomic E-state index is 0. The molecule has 0 aromatic carbocycles. The molecule has 0 saturated heterocycles. The summed E-state index contributed by atoms with van der Waals surface area (Å²) in [5, 5.41) is 0. The van der Waals surface area contributed by atoms with Crippen molar-refractivity contribution in [1.29, 1.82) is 0 Å². The summed E-state index contributed by atoms with van der Waals surface area (Å²) in [6.45, 7) is 6.89. The molecule has 0 rings (SSSR count). The van der Waals surface area contributed by atoms with Crippen molar-refractivity contribution in [2.45, 2.75) is 56.6 Å². The van der Waals surface area contributed by atoms with E-state index in [9.17, 15) is 0 Å². The number of ether oxygens (including phenoxy) is 1. The fraction of sp³-hybridized carbons (Fsp3) is 1.00. The Bertz CT molecular complexity index is 25.9. The quantitative estimate of drug-likeness (QED) is 0.581. The summed E-state index contributed by atoms with van der Waals surface area (Å²) in [5.74, 6) is 0. The first-order chi connectivity index (χ1) is 2.77. The van der Waals surface area contributed by atoms with Crippen molar-refractivity contribution in [3.05, 3.63) is 0 Å². The van der Waals surface area contributed by atoms with Gasteiger partial charge < -0.3 is 4.74 Å². The van der Waals surface area contributed by atoms with Gasteiger partial charge >= 0.3 is 0 Å². The maximum atomic E-state index is 5.04. The second-order valence-electron chi connectivity index (χ2n) is 1.50. The molecule has 0 N–H and O–H groups in total. The van der Waals surface area contributed by atoms with Crippen molar-refractivity contribution < 1.29 is 4.74 Å². The van der Waals surface area contributed by atoms with E-state index < -0.39 is 0 Å². The Morgan fingerprint density at radius 3 is 1.30 bits per heavy atom. The van der Waals surface area contributed by atoms with Crippen LogP contribution in [-0.4, -0.2) is 12.7 Å². The van der Waals surface area contributed by atoms with E-state index in [0.717, 1.165) is 6.61 Å². The molecular weight excluding hydrogens is 124 g/mol. The van der Waals surface area contributed by atoms with E-state index in [2.05, 4.69) is 0 Å². The Kier molecular flexibility index (Phi) is 75.0. The lowest BCUT2D eigenvalue weighted by Crippen LogP contribution is -1.99. The van der Waals surface area contributed by atoms with Gasteiger partial charge in [0.2, 0.25) is 0 Å². The Morgan fingerprint density at radius 2 is 1.30 bits per heavy atom. The first-order valence-electron chi connectivity index (χ1n) is 2.39. The van der Waals surface area contributed by atoms with Crippen molar-refractivity contribution >= 4 is 0 Å². The lowest BCUT2D eigenvalue weighted by atomic mass is 10.5. The Labute approximate surface area is 68.8 Å². The lowest BCUT2D eigenvalue weighted by molar-refractivity contribution is 0.0899. The van der Waals surface area contributed by atoms with Crippen LogP contribution >= 0.6 is 0 Å². The summed E-state index contributed by atoms with van der Waals surface area (Å²) in [5.41, 5.74) is 0. The molecule has 0 aromatic heterocycles. The van der Waals surface area contributed by atoms with Crippen LogP contribution in [0.3, 0.4) is 0 Å². The molecule has 0 aliphatic rings. The van der Waals surface area contributed by atoms with E-state index in [1.807, 2.05) is 20.8 Å². The van der Waals surface area contributed by atoms with Gasteiger partial charge in [0.1, 0.15) is 0 Å². The van der Waals surface area contributed by atoms with Gasteiger partial charge in [0, 0.05) is 6.61 Å². The molecule has 0 saturated carbocycles. The largest absolute Gasteiger partial charge is 0.379 e. The molecule has 70 valence electrons. The van der Waals surface area contributed by atoms with Gasteiger partial charge in [0.15, 0.2) is 0 Å². The van der Waals surface area contributed by atoms with Crippen LogP contribution in [0.1, 0.15) is 50.5 Å². The van der Waals surface area contributed by atoms with E-state index in [1.165, 1.54) is 0 Å². The smallest absolute Gasteiger partial charge is 0.0518 e. The molecule has 0 fully saturated rings. The third kappa shape index (κ3) is 44.0. The van der Waals surface area contributed by atoms with Crippen LogP contribution in [0.5, 0.6) is 0 Å². The highest BCUT2D eigenvalue weighted by molar-refractivity contribution is 4.30. The second-order valence-corrected chi connectivity index (χ2v) is 1.50. The summed E-state index contributed by atoms with van der Waals surface area (Å²) in [6, 6.07) is 0. The molecule has 0 unspecified atom stereocenters. The van der Waals surface area contributed by atoms with Crippen LogP contribution in [0.2, 0.25) is 0 Å². The molecule has 0 aliphatic carbocycles. The van der Waals surface area contributed by atoms with Crippen LogP contribution in [0.15, 0.2) is 0 Å². The molecule has 0 heterocycles. The average molecular weight is 152 g/mol. The first-order valence-corrected chi connectivity index (χ1v) is 2.39. The van der Waals surface area contributed by atoms with Crippen molar-refractivity contribution in [3.8, 4) is 0 Å². The molecule has 0 bridgehead atoms. The average Bonchev–Trinajstić information content (AvgIpc) is 1.35. The molecular formula is C9H28O. The third-order valence-corrected chi connectivity index (χ3v) is 0.500. The molecule has 0 atom stereocenters. The summed E-state index contributed by atoms with van der Waals surface area (Å²) in [7, 11) is 0. The van der Waals surface area contributed by atoms with Gasteiger partial charge in [-0.1, -0.05) is 29.7 Å². The molecule has 1 nitrogen and oxygen atoms in total. The first kappa shape index (κ1) is 32.5. The van der Waals surface area contributed by atoms with Crippen molar-refractivity contribution in [2.24, 2.45) is 0 Å². The third-order valence-electron chi connectivity index (χ3n) is 0.500. The van der Waals surface area contributed by atoms with Gasteiger partial charge in [0.25, 0.3) is 0 Å². The van der Waals surface area contributed by atoms with Crippen molar-refractivity contribution in [2.75, 3.05) is 6.61 Å². The normalized spacial score (nSPS) is 6.00. The van der Waals surface area contributed by atoms with Crippen LogP contribution in [0.4, 0.5) is 0 Å². The zero-order chi connectivity index (χ0) is 4.99. The fourth-order valence-corrected chi connectivity index (χ4v) is 0.333. The number of rotatable bonds is 2. The van der Waals surface area contributed by atoms with Crippen LogP contribution in [-0.2, 0) is 4.74 Å². The number of hydrogen-bond donors (Lipinski definition) is 0. The highest BCUT2D eigenvalue weighted by Crippen LogP contribution is 1.83. The maximum absolute atomic E-state index is 5.04. The lowest BCUT2D eigenvalue weighted by Gasteiger charge is -2.00.